The van der Waals surface area contributed by atoms with Gasteiger partial charge in [-0.2, -0.15) is 0 Å². The van der Waals surface area contributed by atoms with Crippen LogP contribution in [0.5, 0.6) is 5.75 Å². The number of halogens is 1. The minimum absolute atomic E-state index is 0.0860. The lowest BCUT2D eigenvalue weighted by Gasteiger charge is -2.05. The van der Waals surface area contributed by atoms with Crippen LogP contribution in [0, 0.1) is 0 Å². The van der Waals surface area contributed by atoms with Gasteiger partial charge in [0.2, 0.25) is 0 Å². The maximum absolute atomic E-state index is 12.3. The fourth-order valence-electron chi connectivity index (χ4n) is 2.04. The lowest BCUT2D eigenvalue weighted by atomic mass is 10.0. The van der Waals surface area contributed by atoms with E-state index >= 15 is 0 Å². The van der Waals surface area contributed by atoms with Gasteiger partial charge in [0.05, 0.1) is 11.6 Å². The van der Waals surface area contributed by atoms with Gasteiger partial charge < -0.3 is 4.74 Å². The number of carbonyl (C=O) groups is 1. The van der Waals surface area contributed by atoms with E-state index in [0.717, 1.165) is 17.7 Å². The minimum atomic E-state index is -0.0860. The Morgan fingerprint density at radius 3 is 3.06 bits per heavy atom. The molecule has 0 radical (unpaired) electrons. The number of hydrogen-bond acceptors (Lipinski definition) is 3. The summed E-state index contributed by atoms with van der Waals surface area (Å²) in [4.78, 5) is 16.2. The highest BCUT2D eigenvalue weighted by molar-refractivity contribution is 6.34. The quantitative estimate of drug-likeness (QED) is 0.779. The van der Waals surface area contributed by atoms with E-state index in [4.69, 9.17) is 16.3 Å². The summed E-state index contributed by atoms with van der Waals surface area (Å²) in [5.41, 5.74) is 2.18. The summed E-state index contributed by atoms with van der Waals surface area (Å²) in [6.45, 7) is 0.684. The van der Waals surface area contributed by atoms with E-state index in [2.05, 4.69) is 4.98 Å². The number of benzene rings is 1. The standard InChI is InChI=1S/C14H10ClNO2/c15-12-8-16-5-3-11(12)14(17)10-1-2-13-9(7-10)4-6-18-13/h1-3,5,7-8H,4,6H2. The van der Waals surface area contributed by atoms with Gasteiger partial charge in [-0.05, 0) is 29.8 Å². The lowest BCUT2D eigenvalue weighted by Crippen LogP contribution is -2.02. The number of carbonyl (C=O) groups excluding carboxylic acids is 1. The zero-order valence-corrected chi connectivity index (χ0v) is 10.3. The maximum atomic E-state index is 12.3. The average Bonchev–Trinajstić information content (AvgIpc) is 2.85. The Kier molecular flexibility index (Phi) is 2.76. The lowest BCUT2D eigenvalue weighted by molar-refractivity contribution is 0.103. The first-order valence-electron chi connectivity index (χ1n) is 5.65. The van der Waals surface area contributed by atoms with Crippen molar-refractivity contribution in [3.8, 4) is 5.75 Å². The normalized spacial score (nSPS) is 12.9. The van der Waals surface area contributed by atoms with Crippen molar-refractivity contribution in [2.75, 3.05) is 6.61 Å². The highest BCUT2D eigenvalue weighted by Gasteiger charge is 2.17. The van der Waals surface area contributed by atoms with Gasteiger partial charge in [-0.25, -0.2) is 0 Å². The van der Waals surface area contributed by atoms with E-state index in [1.54, 1.807) is 18.3 Å². The third-order valence-corrected chi connectivity index (χ3v) is 3.27. The zero-order valence-electron chi connectivity index (χ0n) is 9.52. The number of rotatable bonds is 2. The van der Waals surface area contributed by atoms with E-state index in [0.29, 0.717) is 22.8 Å². The molecule has 0 unspecified atom stereocenters. The monoisotopic (exact) mass is 259 g/mol. The summed E-state index contributed by atoms with van der Waals surface area (Å²) in [6.07, 6.45) is 3.89. The Labute approximate surface area is 109 Å². The molecule has 90 valence electrons. The summed E-state index contributed by atoms with van der Waals surface area (Å²) < 4.78 is 5.42. The second-order valence-electron chi connectivity index (χ2n) is 4.11. The van der Waals surface area contributed by atoms with Crippen molar-refractivity contribution < 1.29 is 9.53 Å². The van der Waals surface area contributed by atoms with Crippen molar-refractivity contribution in [1.29, 1.82) is 0 Å². The second-order valence-corrected chi connectivity index (χ2v) is 4.51. The SMILES string of the molecule is O=C(c1ccc2c(c1)CCO2)c1ccncc1Cl. The van der Waals surface area contributed by atoms with Gasteiger partial charge in [0.1, 0.15) is 5.75 Å². The van der Waals surface area contributed by atoms with E-state index in [-0.39, 0.29) is 5.78 Å². The fraction of sp³-hybridized carbons (Fsp3) is 0.143. The molecule has 1 aliphatic heterocycles. The average molecular weight is 260 g/mol. The molecule has 18 heavy (non-hydrogen) atoms. The van der Waals surface area contributed by atoms with Crippen molar-refractivity contribution in [2.24, 2.45) is 0 Å². The van der Waals surface area contributed by atoms with Crippen LogP contribution in [0.25, 0.3) is 0 Å². The van der Waals surface area contributed by atoms with Crippen molar-refractivity contribution in [3.63, 3.8) is 0 Å². The zero-order chi connectivity index (χ0) is 12.5. The van der Waals surface area contributed by atoms with Crippen LogP contribution < -0.4 is 4.74 Å². The molecular formula is C14H10ClNO2. The van der Waals surface area contributed by atoms with Crippen LogP contribution in [0.1, 0.15) is 21.5 Å². The smallest absolute Gasteiger partial charge is 0.194 e. The van der Waals surface area contributed by atoms with E-state index < -0.39 is 0 Å². The van der Waals surface area contributed by atoms with Crippen LogP contribution in [0.4, 0.5) is 0 Å². The molecular weight excluding hydrogens is 250 g/mol. The molecule has 2 aromatic rings. The third kappa shape index (κ3) is 1.87. The molecule has 4 heteroatoms. The van der Waals surface area contributed by atoms with Gasteiger partial charge in [0.25, 0.3) is 0 Å². The molecule has 0 amide bonds. The highest BCUT2D eigenvalue weighted by atomic mass is 35.5. The van der Waals surface area contributed by atoms with Gasteiger partial charge >= 0.3 is 0 Å². The van der Waals surface area contributed by atoms with Crippen LogP contribution in [-0.4, -0.2) is 17.4 Å². The van der Waals surface area contributed by atoms with Crippen molar-refractivity contribution >= 4 is 17.4 Å². The molecule has 0 aliphatic carbocycles. The molecule has 0 N–H and O–H groups in total. The summed E-state index contributed by atoms with van der Waals surface area (Å²) in [5, 5.41) is 0.374. The predicted octanol–water partition coefficient (Wildman–Crippen LogP) is 2.90. The topological polar surface area (TPSA) is 39.2 Å². The molecule has 1 aromatic heterocycles. The first kappa shape index (κ1) is 11.2. The molecule has 3 nitrogen and oxygen atoms in total. The molecule has 1 aliphatic rings. The van der Waals surface area contributed by atoms with Crippen LogP contribution in [0.15, 0.2) is 36.7 Å². The van der Waals surface area contributed by atoms with Crippen molar-refractivity contribution in [2.45, 2.75) is 6.42 Å². The second kappa shape index (κ2) is 4.42. The fourth-order valence-corrected chi connectivity index (χ4v) is 2.25. The van der Waals surface area contributed by atoms with Gasteiger partial charge in [-0.1, -0.05) is 11.6 Å². The molecule has 0 saturated carbocycles. The summed E-state index contributed by atoms with van der Waals surface area (Å²) in [7, 11) is 0. The summed E-state index contributed by atoms with van der Waals surface area (Å²) >= 11 is 5.98. The first-order valence-corrected chi connectivity index (χ1v) is 6.03. The molecule has 0 fully saturated rings. The van der Waals surface area contributed by atoms with Gasteiger partial charge in [0.15, 0.2) is 5.78 Å². The Bertz CT molecular complexity index is 625. The number of pyridine rings is 1. The van der Waals surface area contributed by atoms with Gasteiger partial charge in [0, 0.05) is 29.9 Å². The molecule has 0 saturated heterocycles. The number of fused-ring (bicyclic) bond motifs is 1. The number of nitrogens with zero attached hydrogens (tertiary/aromatic N) is 1. The van der Waals surface area contributed by atoms with E-state index in [1.165, 1.54) is 6.20 Å². The first-order chi connectivity index (χ1) is 8.75. The van der Waals surface area contributed by atoms with Crippen LogP contribution in [0.2, 0.25) is 5.02 Å². The Morgan fingerprint density at radius 1 is 1.33 bits per heavy atom. The van der Waals surface area contributed by atoms with E-state index in [9.17, 15) is 4.79 Å². The van der Waals surface area contributed by atoms with Crippen LogP contribution in [0.3, 0.4) is 0 Å². The van der Waals surface area contributed by atoms with Gasteiger partial charge in [-0.3, -0.25) is 9.78 Å². The third-order valence-electron chi connectivity index (χ3n) is 2.97. The van der Waals surface area contributed by atoms with E-state index in [1.807, 2.05) is 12.1 Å². The van der Waals surface area contributed by atoms with Crippen LogP contribution >= 0.6 is 11.6 Å². The Balaban J connectivity index is 2.01. The number of aromatic nitrogens is 1. The van der Waals surface area contributed by atoms with Crippen LogP contribution in [-0.2, 0) is 6.42 Å². The largest absolute Gasteiger partial charge is 0.493 e. The molecule has 0 atom stereocenters. The van der Waals surface area contributed by atoms with Crippen molar-refractivity contribution in [3.05, 3.63) is 58.4 Å². The Hall–Kier alpha value is -1.87. The summed E-state index contributed by atoms with van der Waals surface area (Å²) in [5.74, 6) is 0.782. The molecule has 2 heterocycles. The molecule has 3 rings (SSSR count). The maximum Gasteiger partial charge on any atom is 0.194 e. The highest BCUT2D eigenvalue weighted by Crippen LogP contribution is 2.27. The summed E-state index contributed by atoms with van der Waals surface area (Å²) in [6, 6.07) is 7.11. The number of ketones is 1. The molecule has 0 spiro atoms. The number of hydrogen-bond donors (Lipinski definition) is 0. The predicted molar refractivity (Wildman–Crippen MR) is 68.3 cm³/mol. The number of ether oxygens (including phenoxy) is 1. The molecule has 0 bridgehead atoms. The molecule has 1 aromatic carbocycles. The Morgan fingerprint density at radius 2 is 2.22 bits per heavy atom. The van der Waals surface area contributed by atoms with Gasteiger partial charge in [-0.15, -0.1) is 0 Å². The van der Waals surface area contributed by atoms with Crippen molar-refractivity contribution in [1.82, 2.24) is 4.98 Å². The minimum Gasteiger partial charge on any atom is -0.493 e.